The van der Waals surface area contributed by atoms with E-state index in [2.05, 4.69) is 0 Å². The summed E-state index contributed by atoms with van der Waals surface area (Å²) in [6.07, 6.45) is -3.28. The molecule has 0 bridgehead atoms. The highest BCUT2D eigenvalue weighted by molar-refractivity contribution is 5.89. The van der Waals surface area contributed by atoms with E-state index in [1.54, 1.807) is 0 Å². The van der Waals surface area contributed by atoms with Crippen molar-refractivity contribution in [2.45, 2.75) is 30.9 Å². The van der Waals surface area contributed by atoms with E-state index in [0.29, 0.717) is 0 Å². The smallest absolute Gasteiger partial charge is 0.198 e. The van der Waals surface area contributed by atoms with E-state index in [1.165, 1.54) is 14.2 Å². The van der Waals surface area contributed by atoms with E-state index in [9.17, 15) is 4.79 Å². The van der Waals surface area contributed by atoms with Gasteiger partial charge < -0.3 is 23.7 Å². The van der Waals surface area contributed by atoms with Crippen molar-refractivity contribution in [2.24, 2.45) is 0 Å². The maximum atomic E-state index is 12.5. The second kappa shape index (κ2) is 6.21. The van der Waals surface area contributed by atoms with Crippen molar-refractivity contribution < 1.29 is 28.5 Å². The van der Waals surface area contributed by atoms with Crippen LogP contribution in [0.5, 0.6) is 0 Å². The van der Waals surface area contributed by atoms with Crippen molar-refractivity contribution in [1.82, 2.24) is 0 Å². The zero-order chi connectivity index (χ0) is 14.8. The first-order chi connectivity index (χ1) is 10.2. The highest BCUT2D eigenvalue weighted by Gasteiger charge is 2.49. The Kier molecular flexibility index (Phi) is 4.32. The number of fused-ring (bicyclic) bond motifs is 1. The van der Waals surface area contributed by atoms with Gasteiger partial charge in [0.15, 0.2) is 30.6 Å². The third kappa shape index (κ3) is 2.73. The van der Waals surface area contributed by atoms with Crippen LogP contribution >= 0.6 is 0 Å². The van der Waals surface area contributed by atoms with Gasteiger partial charge >= 0.3 is 0 Å². The van der Waals surface area contributed by atoms with Crippen LogP contribution in [0.1, 0.15) is 11.9 Å². The highest BCUT2D eigenvalue weighted by atomic mass is 16.8. The maximum Gasteiger partial charge on any atom is 0.198 e. The molecule has 6 heteroatoms. The van der Waals surface area contributed by atoms with Gasteiger partial charge in [0.05, 0.1) is 6.61 Å². The van der Waals surface area contributed by atoms with Crippen LogP contribution in [0.25, 0.3) is 0 Å². The zero-order valence-electron chi connectivity index (χ0n) is 11.9. The third-order valence-electron chi connectivity index (χ3n) is 3.69. The molecule has 0 radical (unpaired) electrons. The fourth-order valence-electron chi connectivity index (χ4n) is 2.62. The molecule has 2 aliphatic heterocycles. The lowest BCUT2D eigenvalue weighted by Gasteiger charge is -2.43. The maximum absolute atomic E-state index is 12.5. The first-order valence-corrected chi connectivity index (χ1v) is 6.81. The molecule has 0 amide bonds. The predicted molar refractivity (Wildman–Crippen MR) is 71.5 cm³/mol. The lowest BCUT2D eigenvalue weighted by molar-refractivity contribution is -0.315. The summed E-state index contributed by atoms with van der Waals surface area (Å²) in [7, 11) is 2.92. The highest BCUT2D eigenvalue weighted by Crippen LogP contribution is 2.32. The number of Topliss-reactive ketones (excluding diaryl/α,β-unsaturated/α-hetero) is 1. The number of ether oxygens (including phenoxy) is 5. The number of hydrogen-bond acceptors (Lipinski definition) is 6. The molecule has 0 aromatic heterocycles. The summed E-state index contributed by atoms with van der Waals surface area (Å²) >= 11 is 0. The van der Waals surface area contributed by atoms with E-state index in [0.717, 1.165) is 5.56 Å². The van der Waals surface area contributed by atoms with Gasteiger partial charge in [0.1, 0.15) is 6.10 Å². The fourth-order valence-corrected chi connectivity index (χ4v) is 2.62. The number of carbonyl (C=O) groups excluding carboxylic acids is 1. The van der Waals surface area contributed by atoms with E-state index in [4.69, 9.17) is 23.7 Å². The molecule has 6 nitrogen and oxygen atoms in total. The summed E-state index contributed by atoms with van der Waals surface area (Å²) in [5, 5.41) is 0. The van der Waals surface area contributed by atoms with Gasteiger partial charge in [0.2, 0.25) is 0 Å². The summed E-state index contributed by atoms with van der Waals surface area (Å²) in [5.41, 5.74) is 0.867. The molecule has 0 saturated carbocycles. The minimum atomic E-state index is -0.786. The minimum Gasteiger partial charge on any atom is -0.368 e. The Bertz CT molecular complexity index is 490. The van der Waals surface area contributed by atoms with Crippen molar-refractivity contribution >= 4 is 5.78 Å². The van der Waals surface area contributed by atoms with Gasteiger partial charge in [0.25, 0.3) is 0 Å². The van der Waals surface area contributed by atoms with Crippen molar-refractivity contribution in [2.75, 3.05) is 20.8 Å². The molecule has 0 aliphatic carbocycles. The molecular formula is C15H18O6. The van der Waals surface area contributed by atoms with Crippen LogP contribution < -0.4 is 0 Å². The summed E-state index contributed by atoms with van der Waals surface area (Å²) in [6.45, 7) is 0.270. The van der Waals surface area contributed by atoms with Crippen molar-refractivity contribution in [3.05, 3.63) is 35.9 Å². The van der Waals surface area contributed by atoms with Crippen LogP contribution in [-0.2, 0) is 28.5 Å². The SMILES string of the molecule is CO[C@H]1O[C@@H]2CO[C@@H](c3ccccc3)O[C@H]2C(=O)[C@@H]1OC. The topological polar surface area (TPSA) is 63.2 Å². The summed E-state index contributed by atoms with van der Waals surface area (Å²) < 4.78 is 27.4. The van der Waals surface area contributed by atoms with Gasteiger partial charge in [-0.05, 0) is 0 Å². The molecule has 21 heavy (non-hydrogen) atoms. The Hall–Kier alpha value is -1.31. The molecule has 1 aromatic carbocycles. The Morgan fingerprint density at radius 3 is 2.52 bits per heavy atom. The molecule has 2 aliphatic rings. The normalized spacial score (nSPS) is 36.3. The van der Waals surface area contributed by atoms with Crippen LogP contribution in [0.2, 0.25) is 0 Å². The van der Waals surface area contributed by atoms with Gasteiger partial charge in [-0.1, -0.05) is 30.3 Å². The molecule has 0 spiro atoms. The average molecular weight is 294 g/mol. The molecule has 3 rings (SSSR count). The van der Waals surface area contributed by atoms with Gasteiger partial charge in [-0.25, -0.2) is 0 Å². The molecule has 2 heterocycles. The molecule has 2 fully saturated rings. The largest absolute Gasteiger partial charge is 0.368 e. The average Bonchev–Trinajstić information content (AvgIpc) is 2.55. The van der Waals surface area contributed by atoms with Crippen molar-refractivity contribution in [3.8, 4) is 0 Å². The second-order valence-corrected chi connectivity index (χ2v) is 4.97. The fraction of sp³-hybridized carbons (Fsp3) is 0.533. The van der Waals surface area contributed by atoms with Crippen LogP contribution in [0.15, 0.2) is 30.3 Å². The Morgan fingerprint density at radius 2 is 1.86 bits per heavy atom. The monoisotopic (exact) mass is 294 g/mol. The lowest BCUT2D eigenvalue weighted by Crippen LogP contribution is -2.60. The lowest BCUT2D eigenvalue weighted by atomic mass is 9.99. The Labute approximate surface area is 122 Å². The van der Waals surface area contributed by atoms with Gasteiger partial charge in [0, 0.05) is 19.8 Å². The molecule has 1 aromatic rings. The molecule has 2 saturated heterocycles. The predicted octanol–water partition coefficient (Wildman–Crippen LogP) is 1.06. The number of rotatable bonds is 3. The van der Waals surface area contributed by atoms with E-state index in [1.807, 2.05) is 30.3 Å². The van der Waals surface area contributed by atoms with E-state index < -0.39 is 30.9 Å². The van der Waals surface area contributed by atoms with Crippen LogP contribution in [0, 0.1) is 0 Å². The summed E-state index contributed by atoms with van der Waals surface area (Å²) in [5.74, 6) is -0.176. The Balaban J connectivity index is 1.77. The van der Waals surface area contributed by atoms with Crippen LogP contribution in [0.4, 0.5) is 0 Å². The zero-order valence-corrected chi connectivity index (χ0v) is 11.9. The first-order valence-electron chi connectivity index (χ1n) is 6.81. The number of carbonyl (C=O) groups is 1. The minimum absolute atomic E-state index is 0.176. The molecular weight excluding hydrogens is 276 g/mol. The summed E-state index contributed by atoms with van der Waals surface area (Å²) in [4.78, 5) is 12.5. The second-order valence-electron chi connectivity index (χ2n) is 4.97. The van der Waals surface area contributed by atoms with Crippen LogP contribution in [-0.4, -0.2) is 51.2 Å². The van der Waals surface area contributed by atoms with Gasteiger partial charge in [-0.3, -0.25) is 4.79 Å². The molecule has 114 valence electrons. The number of hydrogen-bond donors (Lipinski definition) is 0. The van der Waals surface area contributed by atoms with E-state index >= 15 is 0 Å². The quantitative estimate of drug-likeness (QED) is 0.830. The van der Waals surface area contributed by atoms with Crippen LogP contribution in [0.3, 0.4) is 0 Å². The number of methoxy groups -OCH3 is 2. The van der Waals surface area contributed by atoms with Gasteiger partial charge in [-0.15, -0.1) is 0 Å². The first kappa shape index (κ1) is 14.6. The number of ketones is 1. The van der Waals surface area contributed by atoms with Gasteiger partial charge in [-0.2, -0.15) is 0 Å². The van der Waals surface area contributed by atoms with Crippen molar-refractivity contribution in [3.63, 3.8) is 0 Å². The Morgan fingerprint density at radius 1 is 1.10 bits per heavy atom. The molecule has 5 atom stereocenters. The third-order valence-corrected chi connectivity index (χ3v) is 3.69. The standard InChI is InChI=1S/C15H18O6/c1-17-13-11(16)12-10(20-15(13)18-2)8-19-14(21-12)9-6-4-3-5-7-9/h3-7,10,12-15H,8H2,1-2H3/t10-,12-,13+,14-,15+/m1/s1. The summed E-state index contributed by atoms with van der Waals surface area (Å²) in [6, 6.07) is 9.49. The molecule has 0 N–H and O–H groups in total. The molecule has 0 unspecified atom stereocenters. The number of benzene rings is 1. The van der Waals surface area contributed by atoms with E-state index in [-0.39, 0.29) is 12.4 Å². The van der Waals surface area contributed by atoms with Crippen molar-refractivity contribution in [1.29, 1.82) is 0 Å².